The Bertz CT molecular complexity index is 858. The number of amides is 1. The van der Waals surface area contributed by atoms with Crippen LogP contribution >= 0.6 is 11.8 Å². The van der Waals surface area contributed by atoms with Gasteiger partial charge in [0.1, 0.15) is 13.2 Å². The minimum Gasteiger partial charge on any atom is -0.460 e. The highest BCUT2D eigenvalue weighted by molar-refractivity contribution is 8.14. The second-order valence-corrected chi connectivity index (χ2v) is 7.21. The van der Waals surface area contributed by atoms with Crippen LogP contribution in [0.15, 0.2) is 60.7 Å². The monoisotopic (exact) mass is 431 g/mol. The summed E-state index contributed by atoms with van der Waals surface area (Å²) in [4.78, 5) is 47.2. The van der Waals surface area contributed by atoms with Crippen molar-refractivity contribution in [3.05, 3.63) is 71.8 Å². The van der Waals surface area contributed by atoms with Crippen LogP contribution in [0, 0.1) is 0 Å². The normalized spacial score (nSPS) is 11.1. The summed E-state index contributed by atoms with van der Waals surface area (Å²) in [5.74, 6) is -1.76. The van der Waals surface area contributed by atoms with Gasteiger partial charge in [-0.05, 0) is 36.4 Å². The molecule has 2 aromatic carbocycles. The standard InChI is InChI=1S/C21H21NO7S/c1-15(19(24)22-12-18(23)27-13-16-8-4-2-5-9-16)30-21(26)29-14-28-20(25)17-10-6-3-7-11-17/h2-11,15H,12-14H2,1H3,(H,22,24). The maximum Gasteiger partial charge on any atom is 0.370 e. The molecule has 0 saturated heterocycles. The van der Waals surface area contributed by atoms with Crippen LogP contribution in [0.4, 0.5) is 4.79 Å². The molecule has 0 aromatic heterocycles. The lowest BCUT2D eigenvalue weighted by molar-refractivity contribution is -0.145. The van der Waals surface area contributed by atoms with Crippen molar-refractivity contribution in [1.29, 1.82) is 0 Å². The van der Waals surface area contributed by atoms with Gasteiger partial charge in [0.15, 0.2) is 0 Å². The first kappa shape index (κ1) is 23.0. The van der Waals surface area contributed by atoms with Crippen molar-refractivity contribution in [3.8, 4) is 0 Å². The largest absolute Gasteiger partial charge is 0.460 e. The predicted molar refractivity (Wildman–Crippen MR) is 110 cm³/mol. The van der Waals surface area contributed by atoms with E-state index < -0.39 is 35.2 Å². The molecule has 0 heterocycles. The highest BCUT2D eigenvalue weighted by Crippen LogP contribution is 2.14. The van der Waals surface area contributed by atoms with Crippen molar-refractivity contribution < 1.29 is 33.4 Å². The average molecular weight is 431 g/mol. The minimum absolute atomic E-state index is 0.105. The van der Waals surface area contributed by atoms with Gasteiger partial charge in [-0.1, -0.05) is 48.5 Å². The van der Waals surface area contributed by atoms with Crippen LogP contribution in [0.1, 0.15) is 22.8 Å². The number of nitrogens with one attached hydrogen (secondary N) is 1. The fourth-order valence-corrected chi connectivity index (χ4v) is 2.71. The number of ether oxygens (including phenoxy) is 3. The van der Waals surface area contributed by atoms with Crippen molar-refractivity contribution in [2.24, 2.45) is 0 Å². The third kappa shape index (κ3) is 8.36. The van der Waals surface area contributed by atoms with Gasteiger partial charge in [-0.3, -0.25) is 9.59 Å². The summed E-state index contributed by atoms with van der Waals surface area (Å²) in [5, 5.41) is 0.790. The van der Waals surface area contributed by atoms with E-state index in [1.54, 1.807) is 30.3 Å². The van der Waals surface area contributed by atoms with E-state index in [2.05, 4.69) is 5.32 Å². The molecule has 2 aromatic rings. The lowest BCUT2D eigenvalue weighted by Gasteiger charge is -2.11. The van der Waals surface area contributed by atoms with E-state index in [4.69, 9.17) is 14.2 Å². The zero-order chi connectivity index (χ0) is 21.8. The van der Waals surface area contributed by atoms with E-state index in [0.717, 1.165) is 5.56 Å². The van der Waals surface area contributed by atoms with Gasteiger partial charge in [-0.15, -0.1) is 0 Å². The molecule has 0 radical (unpaired) electrons. The van der Waals surface area contributed by atoms with Gasteiger partial charge in [-0.2, -0.15) is 0 Å². The van der Waals surface area contributed by atoms with E-state index in [-0.39, 0.29) is 13.2 Å². The Morgan fingerprint density at radius 3 is 2.20 bits per heavy atom. The van der Waals surface area contributed by atoms with Crippen molar-refractivity contribution in [2.45, 2.75) is 18.8 Å². The van der Waals surface area contributed by atoms with Gasteiger partial charge in [0.25, 0.3) is 0 Å². The Hall–Kier alpha value is -3.33. The van der Waals surface area contributed by atoms with Gasteiger partial charge in [-0.25, -0.2) is 9.59 Å². The number of carbonyl (C=O) groups is 4. The Morgan fingerprint density at radius 1 is 0.900 bits per heavy atom. The molecular formula is C21H21NO7S. The molecule has 0 spiro atoms. The van der Waals surface area contributed by atoms with E-state index >= 15 is 0 Å². The second-order valence-electron chi connectivity index (χ2n) is 5.93. The average Bonchev–Trinajstić information content (AvgIpc) is 2.77. The highest BCUT2D eigenvalue weighted by Gasteiger charge is 2.20. The van der Waals surface area contributed by atoms with Gasteiger partial charge in [0, 0.05) is 0 Å². The summed E-state index contributed by atoms with van der Waals surface area (Å²) in [6.45, 7) is 0.695. The number of hydrogen-bond acceptors (Lipinski definition) is 8. The van der Waals surface area contributed by atoms with Crippen LogP contribution in [0.5, 0.6) is 0 Å². The van der Waals surface area contributed by atoms with Gasteiger partial charge in [0.2, 0.25) is 12.7 Å². The molecule has 0 bridgehead atoms. The van der Waals surface area contributed by atoms with Crippen molar-refractivity contribution >= 4 is 34.9 Å². The molecule has 9 heteroatoms. The molecule has 158 valence electrons. The molecule has 0 aliphatic rings. The fourth-order valence-electron chi connectivity index (χ4n) is 2.11. The molecule has 0 saturated carbocycles. The third-order valence-corrected chi connectivity index (χ3v) is 4.55. The molecule has 0 aliphatic carbocycles. The lowest BCUT2D eigenvalue weighted by atomic mass is 10.2. The summed E-state index contributed by atoms with van der Waals surface area (Å²) in [6, 6.07) is 17.4. The van der Waals surface area contributed by atoms with Gasteiger partial charge >= 0.3 is 17.2 Å². The Balaban J connectivity index is 1.61. The van der Waals surface area contributed by atoms with E-state index in [0.29, 0.717) is 17.3 Å². The smallest absolute Gasteiger partial charge is 0.370 e. The van der Waals surface area contributed by atoms with E-state index in [1.165, 1.54) is 6.92 Å². The molecule has 0 fully saturated rings. The summed E-state index contributed by atoms with van der Waals surface area (Å²) < 4.78 is 14.7. The summed E-state index contributed by atoms with van der Waals surface area (Å²) in [6.07, 6.45) is 0. The molecule has 1 atom stereocenters. The molecule has 30 heavy (non-hydrogen) atoms. The lowest BCUT2D eigenvalue weighted by Crippen LogP contribution is -2.36. The molecular weight excluding hydrogens is 410 g/mol. The minimum atomic E-state index is -0.816. The molecule has 8 nitrogen and oxygen atoms in total. The van der Waals surface area contributed by atoms with Crippen LogP contribution in [0.2, 0.25) is 0 Å². The molecule has 1 N–H and O–H groups in total. The quantitative estimate of drug-likeness (QED) is 0.477. The van der Waals surface area contributed by atoms with Crippen molar-refractivity contribution in [3.63, 3.8) is 0 Å². The molecule has 2 rings (SSSR count). The Labute approximate surface area is 177 Å². The number of rotatable bonds is 9. The first-order valence-corrected chi connectivity index (χ1v) is 9.86. The van der Waals surface area contributed by atoms with Crippen molar-refractivity contribution in [1.82, 2.24) is 5.32 Å². The van der Waals surface area contributed by atoms with Crippen LogP contribution in [0.25, 0.3) is 0 Å². The van der Waals surface area contributed by atoms with Crippen molar-refractivity contribution in [2.75, 3.05) is 13.3 Å². The van der Waals surface area contributed by atoms with Gasteiger partial charge < -0.3 is 19.5 Å². The number of carbonyl (C=O) groups excluding carboxylic acids is 4. The highest BCUT2D eigenvalue weighted by atomic mass is 32.2. The van der Waals surface area contributed by atoms with Crippen LogP contribution in [-0.4, -0.2) is 41.7 Å². The second kappa shape index (κ2) is 12.3. The number of benzene rings is 2. The predicted octanol–water partition coefficient (Wildman–Crippen LogP) is 2.92. The SMILES string of the molecule is CC(SC(=O)OCOC(=O)c1ccccc1)C(=O)NCC(=O)OCc1ccccc1. The summed E-state index contributed by atoms with van der Waals surface area (Å²) >= 11 is 0.600. The topological polar surface area (TPSA) is 108 Å². The fraction of sp³-hybridized carbons (Fsp3) is 0.238. The molecule has 0 aliphatic heterocycles. The van der Waals surface area contributed by atoms with Crippen LogP contribution < -0.4 is 5.32 Å². The first-order valence-electron chi connectivity index (χ1n) is 8.98. The Kier molecular flexibility index (Phi) is 9.39. The summed E-state index contributed by atoms with van der Waals surface area (Å²) in [5.41, 5.74) is 1.16. The molecule has 1 amide bonds. The maximum atomic E-state index is 12.0. The summed E-state index contributed by atoms with van der Waals surface area (Å²) in [7, 11) is 0. The molecule has 1 unspecified atom stereocenters. The van der Waals surface area contributed by atoms with Crippen LogP contribution in [-0.2, 0) is 30.4 Å². The number of thioether (sulfide) groups is 1. The van der Waals surface area contributed by atoms with E-state index in [1.807, 2.05) is 30.3 Å². The zero-order valence-corrected chi connectivity index (χ0v) is 17.1. The number of hydrogen-bond donors (Lipinski definition) is 1. The first-order chi connectivity index (χ1) is 14.5. The van der Waals surface area contributed by atoms with E-state index in [9.17, 15) is 19.2 Å². The zero-order valence-electron chi connectivity index (χ0n) is 16.2. The number of esters is 2. The third-order valence-electron chi connectivity index (χ3n) is 3.67. The maximum absolute atomic E-state index is 12.0. The Morgan fingerprint density at radius 2 is 1.53 bits per heavy atom. The van der Waals surface area contributed by atoms with Crippen LogP contribution in [0.3, 0.4) is 0 Å². The van der Waals surface area contributed by atoms with Gasteiger partial charge in [0.05, 0.1) is 10.8 Å².